The first-order chi connectivity index (χ1) is 40.4. The molecule has 85 heavy (non-hydrogen) atoms. The Balaban J connectivity index is 0.000000167. The molecule has 0 fully saturated rings. The molecule has 7 aromatic carbocycles. The Bertz CT molecular complexity index is 3840. The number of nitrogens with zero attached hydrogens (tertiary/aromatic N) is 5. The van der Waals surface area contributed by atoms with Crippen molar-refractivity contribution in [2.45, 2.75) is 99.0 Å². The number of hydrazone groups is 2. The van der Waals surface area contributed by atoms with E-state index in [4.69, 9.17) is 39.9 Å². The van der Waals surface area contributed by atoms with Crippen LogP contribution in [0.4, 0.5) is 5.69 Å². The first-order valence-electron chi connectivity index (χ1n) is 27.9. The molecule has 10 rings (SSSR count). The van der Waals surface area contributed by atoms with Crippen molar-refractivity contribution in [2.24, 2.45) is 10.2 Å². The zero-order valence-electron chi connectivity index (χ0n) is 49.7. The van der Waals surface area contributed by atoms with Crippen molar-refractivity contribution in [2.75, 3.05) is 23.6 Å². The fourth-order valence-corrected chi connectivity index (χ4v) is 11.7. The van der Waals surface area contributed by atoms with Crippen molar-refractivity contribution in [1.82, 2.24) is 15.2 Å². The normalized spacial score (nSPS) is 14.8. The van der Waals surface area contributed by atoms with Crippen molar-refractivity contribution in [3.05, 3.63) is 252 Å². The molecule has 0 aliphatic carbocycles. The van der Waals surface area contributed by atoms with Crippen LogP contribution < -0.4 is 15.6 Å². The van der Waals surface area contributed by atoms with Gasteiger partial charge in [-0.3, -0.25) is 14.7 Å². The van der Waals surface area contributed by atoms with Crippen LogP contribution in [0.15, 0.2) is 212 Å². The largest absolute Gasteiger partial charge is 0.280 e. The molecule has 3 heterocycles. The third-order valence-corrected chi connectivity index (χ3v) is 17.7. The summed E-state index contributed by atoms with van der Waals surface area (Å²) in [6, 6.07) is 58.2. The van der Waals surface area contributed by atoms with Crippen LogP contribution in [0, 0.1) is 0 Å². The summed E-state index contributed by atoms with van der Waals surface area (Å²) in [4.78, 5) is 29.2. The maximum absolute atomic E-state index is 13.3. The third-order valence-electron chi connectivity index (χ3n) is 13.9. The van der Waals surface area contributed by atoms with Crippen LogP contribution >= 0.6 is 70.1 Å². The van der Waals surface area contributed by atoms with Crippen LogP contribution in [0.5, 0.6) is 0 Å². The second-order valence-electron chi connectivity index (χ2n) is 23.5. The van der Waals surface area contributed by atoms with Crippen LogP contribution in [-0.2, 0) is 31.6 Å². The molecule has 0 bridgehead atoms. The van der Waals surface area contributed by atoms with E-state index in [-0.39, 0.29) is 28.1 Å². The zero-order valence-corrected chi connectivity index (χ0v) is 54.4. The van der Waals surface area contributed by atoms with E-state index in [0.29, 0.717) is 32.7 Å². The van der Waals surface area contributed by atoms with E-state index >= 15 is 0 Å². The Morgan fingerprint density at radius 1 is 0.471 bits per heavy atom. The van der Waals surface area contributed by atoms with Gasteiger partial charge in [0.1, 0.15) is 0 Å². The average molecular weight is 1240 g/mol. The van der Waals surface area contributed by atoms with Crippen molar-refractivity contribution >= 4 is 124 Å². The Hall–Kier alpha value is -6.83. The number of para-hydroxylation sites is 1. The Labute approximate surface area is 529 Å². The predicted molar refractivity (Wildman–Crippen MR) is 365 cm³/mol. The lowest BCUT2D eigenvalue weighted by molar-refractivity contribution is -0.124. The smallest absolute Gasteiger partial charge is 0.278 e. The van der Waals surface area contributed by atoms with Crippen molar-refractivity contribution in [1.29, 1.82) is 0 Å². The van der Waals surface area contributed by atoms with Gasteiger partial charge >= 0.3 is 0 Å². The molecule has 8 aromatic rings. The Morgan fingerprint density at radius 3 is 1.24 bits per heavy atom. The molecule has 2 aliphatic heterocycles. The van der Waals surface area contributed by atoms with Gasteiger partial charge in [0.15, 0.2) is 0 Å². The summed E-state index contributed by atoms with van der Waals surface area (Å²) in [5.41, 5.74) is 12.0. The number of hydrogen-bond acceptors (Lipinski definition) is 8. The topological polar surface area (TPSA) is 94.0 Å². The summed E-state index contributed by atoms with van der Waals surface area (Å²) < 4.78 is 0. The number of carbonyl (C=O) groups excluding carboxylic acids is 2. The molecular formula is C71H71Cl3N6O2S3. The minimum absolute atomic E-state index is 0.0680. The lowest BCUT2D eigenvalue weighted by Gasteiger charge is -2.18. The fourth-order valence-electron chi connectivity index (χ4n) is 8.78. The monoisotopic (exact) mass is 1240 g/mol. The number of likely N-dealkylation sites (N-methyl/N-ethyl adjacent to an activating group) is 1. The molecule has 1 aromatic heterocycles. The number of halogens is 3. The standard InChI is InChI=1S/C27H25ClN2OS.C22H23ClN2OS.C22H23ClN2S/c1-27(2,3)20-11-9-19(10-12-20)17-24-25(18-32-23-15-13-21(28)14-16-23)29-30(26(24)31)22-7-5-4-6-8-22;1-22(2,3)16-7-5-15(6-8-16)13-19-20(24-25(4)21(19)26)14-27-18-11-9-17(23)10-12-18;1-15-20(13-16-5-7-17(8-6-16)22(2,3)4)21(25-24-15)14-26-19-11-9-18(23)10-12-19/h4-17H,18H2,1-3H3;5-13H,14H2,1-4H3;5-13,24H,1,14H2,2-4H3. The fraction of sp³-hybridized carbons (Fsp3) is 0.225. The van der Waals surface area contributed by atoms with E-state index in [1.165, 1.54) is 31.6 Å². The number of nitrogens with one attached hydrogen (secondary N) is 1. The van der Waals surface area contributed by atoms with Crippen molar-refractivity contribution in [3.63, 3.8) is 0 Å². The molecule has 2 amide bonds. The molecule has 0 spiro atoms. The molecule has 436 valence electrons. The average Bonchev–Trinajstić information content (AvgIpc) is 3.88. The molecule has 14 heteroatoms. The van der Waals surface area contributed by atoms with Gasteiger partial charge < -0.3 is 0 Å². The molecule has 1 N–H and O–H groups in total. The van der Waals surface area contributed by atoms with E-state index in [9.17, 15) is 9.59 Å². The van der Waals surface area contributed by atoms with Crippen LogP contribution in [0.2, 0.25) is 15.1 Å². The lowest BCUT2D eigenvalue weighted by atomic mass is 9.86. The second-order valence-corrected chi connectivity index (χ2v) is 28.0. The number of hydrogen-bond donors (Lipinski definition) is 1. The highest BCUT2D eigenvalue weighted by Gasteiger charge is 2.31. The number of thioether (sulfide) groups is 3. The summed E-state index contributed by atoms with van der Waals surface area (Å²) in [7, 11) is 1.69. The minimum atomic E-state index is -0.109. The summed E-state index contributed by atoms with van der Waals surface area (Å²) in [6.07, 6.45) is 6.02. The summed E-state index contributed by atoms with van der Waals surface area (Å²) >= 11 is 22.9. The van der Waals surface area contributed by atoms with E-state index in [1.807, 2.05) is 115 Å². The Kier molecular flexibility index (Phi) is 21.6. The number of rotatable bonds is 13. The molecule has 8 nitrogen and oxygen atoms in total. The van der Waals surface area contributed by atoms with Gasteiger partial charge in [-0.1, -0.05) is 195 Å². The molecule has 0 atom stereocenters. The second kappa shape index (κ2) is 28.6. The van der Waals surface area contributed by atoms with E-state index in [1.54, 1.807) is 42.3 Å². The first kappa shape index (κ1) is 64.2. The molecule has 0 radical (unpaired) electrons. The van der Waals surface area contributed by atoms with Crippen LogP contribution in [0.3, 0.4) is 0 Å². The van der Waals surface area contributed by atoms with E-state index in [0.717, 1.165) is 70.6 Å². The van der Waals surface area contributed by atoms with Gasteiger partial charge in [0.2, 0.25) is 0 Å². The molecular weight excluding hydrogens is 1170 g/mol. The predicted octanol–water partition coefficient (Wildman–Crippen LogP) is 17.7. The maximum atomic E-state index is 13.3. The lowest BCUT2D eigenvalue weighted by Crippen LogP contribution is -2.23. The molecule has 0 unspecified atom stereocenters. The number of amides is 2. The molecule has 2 aliphatic rings. The number of carbonyl (C=O) groups is 2. The van der Waals surface area contributed by atoms with Gasteiger partial charge in [-0.2, -0.15) is 20.3 Å². The summed E-state index contributed by atoms with van der Waals surface area (Å²) in [5.74, 6) is 1.82. The van der Waals surface area contributed by atoms with Crippen LogP contribution in [0.25, 0.3) is 24.8 Å². The molecule has 0 saturated heterocycles. The highest BCUT2D eigenvalue weighted by molar-refractivity contribution is 8.00. The number of H-pyrrole nitrogens is 1. The van der Waals surface area contributed by atoms with Crippen molar-refractivity contribution in [3.8, 4) is 0 Å². The number of aromatic nitrogens is 2. The zero-order chi connectivity index (χ0) is 61.1. The van der Waals surface area contributed by atoms with E-state index in [2.05, 4.69) is 163 Å². The first-order valence-corrected chi connectivity index (χ1v) is 31.9. The Morgan fingerprint density at radius 2 is 0.835 bits per heavy atom. The van der Waals surface area contributed by atoms with Gasteiger partial charge in [0.25, 0.3) is 11.8 Å². The summed E-state index contributed by atoms with van der Waals surface area (Å²) in [5, 5.41) is 23.5. The SMILES string of the molecule is C=c1[nH]nc(CSc2ccc(Cl)cc2)c1=Cc1ccc(C(C)(C)C)cc1.CC(C)(C)c1ccc(C=C2C(=O)N(c3ccccc3)N=C2CSc2ccc(Cl)cc2)cc1.CN1N=C(CSc2ccc(Cl)cc2)C(=Cc2ccc(C(C)(C)C)cc2)C1=O. The summed E-state index contributed by atoms with van der Waals surface area (Å²) in [6.45, 7) is 23.9. The van der Waals surface area contributed by atoms with Gasteiger partial charge in [-0.05, 0) is 153 Å². The highest BCUT2D eigenvalue weighted by Crippen LogP contribution is 2.32. The van der Waals surface area contributed by atoms with Gasteiger partial charge in [0.05, 0.1) is 39.3 Å². The van der Waals surface area contributed by atoms with Gasteiger partial charge in [-0.15, -0.1) is 35.3 Å². The van der Waals surface area contributed by atoms with Crippen molar-refractivity contribution < 1.29 is 9.59 Å². The number of aromatic amines is 1. The van der Waals surface area contributed by atoms with Gasteiger partial charge in [0, 0.05) is 59.3 Å². The molecule has 0 saturated carbocycles. The number of benzene rings is 7. The quantitative estimate of drug-likeness (QED) is 0.0913. The van der Waals surface area contributed by atoms with Gasteiger partial charge in [-0.25, -0.2) is 5.01 Å². The van der Waals surface area contributed by atoms with Crippen LogP contribution in [-0.4, -0.2) is 57.0 Å². The van der Waals surface area contributed by atoms with Crippen LogP contribution in [0.1, 0.15) is 101 Å². The maximum Gasteiger partial charge on any atom is 0.280 e. The number of anilines is 1. The third kappa shape index (κ3) is 18.1. The van der Waals surface area contributed by atoms with E-state index < -0.39 is 0 Å². The minimum Gasteiger partial charge on any atom is -0.278 e. The highest BCUT2D eigenvalue weighted by atomic mass is 35.5.